The highest BCUT2D eigenvalue weighted by molar-refractivity contribution is 7.98. The van der Waals surface area contributed by atoms with Crippen LogP contribution in [0.2, 0.25) is 0 Å². The number of nitrogens with one attached hydrogen (secondary N) is 2. The highest BCUT2D eigenvalue weighted by Gasteiger charge is 2.30. The summed E-state index contributed by atoms with van der Waals surface area (Å²) in [5, 5.41) is 5.74. The molecule has 1 aliphatic heterocycles. The number of hydrogen-bond acceptors (Lipinski definition) is 4. The Labute approximate surface area is 199 Å². The summed E-state index contributed by atoms with van der Waals surface area (Å²) in [6.07, 6.45) is 2.45. The van der Waals surface area contributed by atoms with E-state index in [0.717, 1.165) is 27.3 Å². The third kappa shape index (κ3) is 6.74. The molecule has 0 radical (unpaired) electrons. The monoisotopic (exact) mass is 468 g/mol. The van der Waals surface area contributed by atoms with E-state index >= 15 is 0 Å². The van der Waals surface area contributed by atoms with Crippen LogP contribution in [0.3, 0.4) is 0 Å². The second-order valence-electron chi connectivity index (χ2n) is 8.36. The molecule has 1 fully saturated rings. The van der Waals surface area contributed by atoms with Crippen molar-refractivity contribution in [3.8, 4) is 0 Å². The van der Waals surface area contributed by atoms with Crippen molar-refractivity contribution in [2.75, 3.05) is 37.8 Å². The summed E-state index contributed by atoms with van der Waals surface area (Å²) in [5.74, 6) is -0.344. The first-order valence-corrected chi connectivity index (χ1v) is 12.3. The maximum absolute atomic E-state index is 13.3. The predicted octanol–water partition coefficient (Wildman–Crippen LogP) is 3.45. The first-order valence-electron chi connectivity index (χ1n) is 11.1. The molecule has 1 saturated heterocycles. The quantitative estimate of drug-likeness (QED) is 0.637. The molecule has 3 rings (SSSR count). The molecule has 1 heterocycles. The number of benzene rings is 2. The Morgan fingerprint density at radius 1 is 0.970 bits per heavy atom. The van der Waals surface area contributed by atoms with E-state index in [1.54, 1.807) is 21.6 Å². The summed E-state index contributed by atoms with van der Waals surface area (Å²) in [4.78, 5) is 42.3. The van der Waals surface area contributed by atoms with Crippen molar-refractivity contribution in [1.82, 2.24) is 15.1 Å². The number of aryl methyl sites for hydroxylation is 2. The average Bonchev–Trinajstić information content (AvgIpc) is 2.80. The van der Waals surface area contributed by atoms with Crippen LogP contribution in [0.25, 0.3) is 0 Å². The van der Waals surface area contributed by atoms with Crippen LogP contribution in [-0.4, -0.2) is 66.1 Å². The minimum Gasteiger partial charge on any atom is -0.344 e. The molecule has 7 nitrogen and oxygen atoms in total. The highest BCUT2D eigenvalue weighted by atomic mass is 32.2. The van der Waals surface area contributed by atoms with Gasteiger partial charge < -0.3 is 20.4 Å². The molecular formula is C25H32N4O3S. The summed E-state index contributed by atoms with van der Waals surface area (Å²) in [7, 11) is 0. The Balaban J connectivity index is 1.59. The predicted molar refractivity (Wildman–Crippen MR) is 133 cm³/mol. The van der Waals surface area contributed by atoms with Gasteiger partial charge in [-0.05, 0) is 55.5 Å². The number of nitrogens with zero attached hydrogens (tertiary/aromatic N) is 2. The molecule has 0 saturated carbocycles. The third-order valence-electron chi connectivity index (χ3n) is 5.82. The van der Waals surface area contributed by atoms with Gasteiger partial charge in [-0.2, -0.15) is 0 Å². The van der Waals surface area contributed by atoms with Crippen LogP contribution in [0.4, 0.5) is 10.5 Å². The van der Waals surface area contributed by atoms with Crippen LogP contribution in [0.15, 0.2) is 47.4 Å². The maximum atomic E-state index is 13.3. The van der Waals surface area contributed by atoms with Crippen molar-refractivity contribution in [3.05, 3.63) is 59.2 Å². The first-order chi connectivity index (χ1) is 15.8. The average molecular weight is 469 g/mol. The van der Waals surface area contributed by atoms with Gasteiger partial charge in [0.25, 0.3) is 0 Å². The van der Waals surface area contributed by atoms with Gasteiger partial charge in [0.05, 0.1) is 0 Å². The summed E-state index contributed by atoms with van der Waals surface area (Å²) in [5.41, 5.74) is 4.01. The van der Waals surface area contributed by atoms with Gasteiger partial charge in [0.1, 0.15) is 6.04 Å². The molecule has 0 unspecified atom stereocenters. The normalized spacial score (nSPS) is 14.5. The van der Waals surface area contributed by atoms with E-state index in [9.17, 15) is 14.4 Å². The molecule has 1 aliphatic rings. The van der Waals surface area contributed by atoms with E-state index in [1.807, 2.05) is 56.5 Å². The van der Waals surface area contributed by atoms with Gasteiger partial charge in [-0.3, -0.25) is 9.59 Å². The lowest BCUT2D eigenvalue weighted by molar-refractivity contribution is -0.137. The van der Waals surface area contributed by atoms with Crippen molar-refractivity contribution in [3.63, 3.8) is 0 Å². The summed E-state index contributed by atoms with van der Waals surface area (Å²) < 4.78 is 0. The largest absolute Gasteiger partial charge is 0.344 e. The second-order valence-corrected chi connectivity index (χ2v) is 9.24. The van der Waals surface area contributed by atoms with E-state index in [4.69, 9.17) is 0 Å². The van der Waals surface area contributed by atoms with E-state index in [-0.39, 0.29) is 17.8 Å². The summed E-state index contributed by atoms with van der Waals surface area (Å²) in [6.45, 7) is 7.20. The number of amides is 4. The van der Waals surface area contributed by atoms with Crippen molar-refractivity contribution in [2.24, 2.45) is 0 Å². The maximum Gasteiger partial charge on any atom is 0.321 e. The lowest BCUT2D eigenvalue weighted by Crippen LogP contribution is -2.56. The van der Waals surface area contributed by atoms with Crippen molar-refractivity contribution in [1.29, 1.82) is 0 Å². The Kier molecular flexibility index (Phi) is 8.38. The van der Waals surface area contributed by atoms with Gasteiger partial charge >= 0.3 is 6.03 Å². The smallest absolute Gasteiger partial charge is 0.321 e. The Hall–Kier alpha value is -3.00. The van der Waals surface area contributed by atoms with E-state index < -0.39 is 6.04 Å². The summed E-state index contributed by atoms with van der Waals surface area (Å²) in [6, 6.07) is 13.0. The number of carbonyl (C=O) groups is 3. The molecule has 0 spiro atoms. The van der Waals surface area contributed by atoms with Gasteiger partial charge in [0.15, 0.2) is 0 Å². The number of carbonyl (C=O) groups excluding carboxylic acids is 3. The zero-order chi connectivity index (χ0) is 24.0. The fraction of sp³-hybridized carbons (Fsp3) is 0.400. The molecule has 1 atom stereocenters. The van der Waals surface area contributed by atoms with Gasteiger partial charge in [-0.25, -0.2) is 4.79 Å². The first kappa shape index (κ1) is 24.6. The van der Waals surface area contributed by atoms with Crippen LogP contribution in [0, 0.1) is 13.8 Å². The minimum atomic E-state index is -0.627. The Morgan fingerprint density at radius 3 is 2.21 bits per heavy atom. The van der Waals surface area contributed by atoms with Crippen LogP contribution < -0.4 is 10.6 Å². The zero-order valence-corrected chi connectivity index (χ0v) is 20.5. The molecule has 2 aromatic rings. The third-order valence-corrected chi connectivity index (χ3v) is 6.57. The Morgan fingerprint density at radius 2 is 1.61 bits per heavy atom. The molecule has 0 aromatic heterocycles. The second kappa shape index (κ2) is 11.2. The van der Waals surface area contributed by atoms with E-state index in [1.165, 1.54) is 6.92 Å². The molecule has 4 amide bonds. The van der Waals surface area contributed by atoms with Gasteiger partial charge in [-0.15, -0.1) is 11.8 Å². The lowest BCUT2D eigenvalue weighted by atomic mass is 9.98. The SMILES string of the molecule is CSc1ccc(NC(=O)N2CCN(C(=O)[C@@H](Cc3cc(C)ccc3C)NC(C)=O)CC2)cc1. The van der Waals surface area contributed by atoms with Crippen LogP contribution in [-0.2, 0) is 16.0 Å². The number of rotatable bonds is 6. The van der Waals surface area contributed by atoms with Crippen LogP contribution in [0.1, 0.15) is 23.6 Å². The molecule has 33 heavy (non-hydrogen) atoms. The van der Waals surface area contributed by atoms with E-state index in [2.05, 4.69) is 16.7 Å². The highest BCUT2D eigenvalue weighted by Crippen LogP contribution is 2.18. The molecule has 0 bridgehead atoms. The molecule has 0 aliphatic carbocycles. The minimum absolute atomic E-state index is 0.112. The van der Waals surface area contributed by atoms with Crippen LogP contribution >= 0.6 is 11.8 Å². The lowest BCUT2D eigenvalue weighted by Gasteiger charge is -2.36. The zero-order valence-electron chi connectivity index (χ0n) is 19.7. The summed E-state index contributed by atoms with van der Waals surface area (Å²) >= 11 is 1.65. The number of piperazine rings is 1. The fourth-order valence-electron chi connectivity index (χ4n) is 3.91. The topological polar surface area (TPSA) is 81.8 Å². The van der Waals surface area contributed by atoms with E-state index in [0.29, 0.717) is 32.6 Å². The molecular weight excluding hydrogens is 436 g/mol. The number of anilines is 1. The fourth-order valence-corrected chi connectivity index (χ4v) is 4.32. The Bertz CT molecular complexity index is 1000. The van der Waals surface area contributed by atoms with Crippen molar-refractivity contribution >= 4 is 35.3 Å². The van der Waals surface area contributed by atoms with Crippen molar-refractivity contribution < 1.29 is 14.4 Å². The van der Waals surface area contributed by atoms with Crippen molar-refractivity contribution in [2.45, 2.75) is 38.1 Å². The van der Waals surface area contributed by atoms with Gasteiger partial charge in [0.2, 0.25) is 11.8 Å². The number of thioether (sulfide) groups is 1. The number of urea groups is 1. The molecule has 8 heteroatoms. The molecule has 176 valence electrons. The molecule has 2 N–H and O–H groups in total. The standard InChI is InChI=1S/C25H32N4O3S/c1-17-5-6-18(2)20(15-17)16-23(26-19(3)30)24(31)28-11-13-29(14-12-28)25(32)27-21-7-9-22(33-4)10-8-21/h5-10,15,23H,11-14,16H2,1-4H3,(H,26,30)(H,27,32)/t23-/m1/s1. The molecule has 2 aromatic carbocycles. The number of hydrogen-bond donors (Lipinski definition) is 2. The van der Waals surface area contributed by atoms with Gasteiger partial charge in [-0.1, -0.05) is 23.8 Å². The van der Waals surface area contributed by atoms with Gasteiger partial charge in [0, 0.05) is 50.1 Å². The van der Waals surface area contributed by atoms with Crippen LogP contribution in [0.5, 0.6) is 0 Å².